The topological polar surface area (TPSA) is 51.4 Å². The summed E-state index contributed by atoms with van der Waals surface area (Å²) in [5.41, 5.74) is 7.95. The van der Waals surface area contributed by atoms with Crippen LogP contribution < -0.4 is 5.73 Å². The smallest absolute Gasteiger partial charge is 0.124 e. The van der Waals surface area contributed by atoms with E-state index in [9.17, 15) is 0 Å². The zero-order valence-electron chi connectivity index (χ0n) is 10.3. The molecule has 18 heavy (non-hydrogen) atoms. The molecule has 4 heteroatoms. The van der Waals surface area contributed by atoms with Crippen molar-refractivity contribution < 1.29 is 4.74 Å². The van der Waals surface area contributed by atoms with Crippen LogP contribution in [0.1, 0.15) is 5.56 Å². The number of pyridine rings is 1. The molecule has 1 aliphatic heterocycles. The molecule has 2 aromatic rings. The third kappa shape index (κ3) is 2.44. The number of aromatic nitrogens is 1. The van der Waals surface area contributed by atoms with E-state index in [1.807, 2.05) is 18.2 Å². The molecule has 0 amide bonds. The number of fused-ring (bicyclic) bond motifs is 1. The lowest BCUT2D eigenvalue weighted by molar-refractivity contribution is 0.0342. The van der Waals surface area contributed by atoms with E-state index < -0.39 is 0 Å². The Bertz CT molecular complexity index is 550. The number of hydrogen-bond acceptors (Lipinski definition) is 4. The SMILES string of the molecule is Nc1ccc2cc(CN3CCOCC3)ccc2n1. The van der Waals surface area contributed by atoms with Crippen LogP contribution in [0, 0.1) is 0 Å². The van der Waals surface area contributed by atoms with Crippen molar-refractivity contribution in [2.45, 2.75) is 6.54 Å². The Morgan fingerprint density at radius 3 is 2.83 bits per heavy atom. The Balaban J connectivity index is 1.82. The average molecular weight is 243 g/mol. The minimum Gasteiger partial charge on any atom is -0.384 e. The first-order chi connectivity index (χ1) is 8.81. The molecule has 94 valence electrons. The average Bonchev–Trinajstić information content (AvgIpc) is 2.40. The summed E-state index contributed by atoms with van der Waals surface area (Å²) in [6.07, 6.45) is 0. The highest BCUT2D eigenvalue weighted by Gasteiger charge is 2.10. The molecule has 0 aliphatic carbocycles. The van der Waals surface area contributed by atoms with E-state index in [1.54, 1.807) is 0 Å². The van der Waals surface area contributed by atoms with E-state index in [1.165, 1.54) is 5.56 Å². The monoisotopic (exact) mass is 243 g/mol. The van der Waals surface area contributed by atoms with Crippen LogP contribution in [0.3, 0.4) is 0 Å². The van der Waals surface area contributed by atoms with Crippen LogP contribution in [0.25, 0.3) is 10.9 Å². The van der Waals surface area contributed by atoms with E-state index in [-0.39, 0.29) is 0 Å². The first-order valence-corrected chi connectivity index (χ1v) is 6.26. The van der Waals surface area contributed by atoms with Gasteiger partial charge in [-0.3, -0.25) is 4.90 Å². The molecular formula is C14H17N3O. The molecule has 1 aromatic carbocycles. The van der Waals surface area contributed by atoms with Crippen LogP contribution in [-0.4, -0.2) is 36.2 Å². The molecule has 4 nitrogen and oxygen atoms in total. The predicted molar refractivity (Wildman–Crippen MR) is 72.3 cm³/mol. The van der Waals surface area contributed by atoms with Gasteiger partial charge < -0.3 is 10.5 Å². The van der Waals surface area contributed by atoms with Crippen molar-refractivity contribution in [3.05, 3.63) is 35.9 Å². The van der Waals surface area contributed by atoms with Gasteiger partial charge in [0.1, 0.15) is 5.82 Å². The van der Waals surface area contributed by atoms with Crippen molar-refractivity contribution in [2.24, 2.45) is 0 Å². The number of hydrogen-bond donors (Lipinski definition) is 1. The predicted octanol–water partition coefficient (Wildman–Crippen LogP) is 1.65. The lowest BCUT2D eigenvalue weighted by Crippen LogP contribution is -2.35. The summed E-state index contributed by atoms with van der Waals surface area (Å²) in [5.74, 6) is 0.573. The van der Waals surface area contributed by atoms with Gasteiger partial charge in [0, 0.05) is 25.0 Å². The fourth-order valence-electron chi connectivity index (χ4n) is 2.31. The van der Waals surface area contributed by atoms with E-state index in [0.29, 0.717) is 5.82 Å². The van der Waals surface area contributed by atoms with Gasteiger partial charge in [0.15, 0.2) is 0 Å². The molecule has 0 spiro atoms. The molecule has 0 bridgehead atoms. The Morgan fingerprint density at radius 2 is 2.00 bits per heavy atom. The molecule has 3 rings (SSSR count). The maximum Gasteiger partial charge on any atom is 0.124 e. The van der Waals surface area contributed by atoms with Crippen molar-refractivity contribution in [3.8, 4) is 0 Å². The third-order valence-electron chi connectivity index (χ3n) is 3.29. The van der Waals surface area contributed by atoms with E-state index in [2.05, 4.69) is 22.0 Å². The summed E-state index contributed by atoms with van der Waals surface area (Å²) < 4.78 is 5.36. The highest BCUT2D eigenvalue weighted by Crippen LogP contribution is 2.17. The van der Waals surface area contributed by atoms with Gasteiger partial charge in [-0.05, 0) is 29.8 Å². The number of benzene rings is 1. The second-order valence-corrected chi connectivity index (χ2v) is 4.65. The highest BCUT2D eigenvalue weighted by molar-refractivity contribution is 5.80. The van der Waals surface area contributed by atoms with Gasteiger partial charge in [0.2, 0.25) is 0 Å². The number of anilines is 1. The third-order valence-corrected chi connectivity index (χ3v) is 3.29. The lowest BCUT2D eigenvalue weighted by Gasteiger charge is -2.26. The van der Waals surface area contributed by atoms with E-state index in [0.717, 1.165) is 43.8 Å². The van der Waals surface area contributed by atoms with Crippen molar-refractivity contribution in [2.75, 3.05) is 32.0 Å². The van der Waals surface area contributed by atoms with Gasteiger partial charge in [-0.15, -0.1) is 0 Å². The largest absolute Gasteiger partial charge is 0.384 e. The molecule has 1 aliphatic rings. The first-order valence-electron chi connectivity index (χ1n) is 6.26. The molecular weight excluding hydrogens is 226 g/mol. The summed E-state index contributed by atoms with van der Waals surface area (Å²) in [6.45, 7) is 4.68. The molecule has 0 atom stereocenters. The Labute approximate surface area is 106 Å². The van der Waals surface area contributed by atoms with E-state index >= 15 is 0 Å². The zero-order chi connectivity index (χ0) is 12.4. The summed E-state index contributed by atoms with van der Waals surface area (Å²) in [7, 11) is 0. The van der Waals surface area contributed by atoms with Crippen LogP contribution >= 0.6 is 0 Å². The van der Waals surface area contributed by atoms with Gasteiger partial charge in [-0.25, -0.2) is 4.98 Å². The number of ether oxygens (including phenoxy) is 1. The highest BCUT2D eigenvalue weighted by atomic mass is 16.5. The van der Waals surface area contributed by atoms with Crippen LogP contribution in [0.5, 0.6) is 0 Å². The standard InChI is InChI=1S/C14H17N3O/c15-14-4-2-12-9-11(1-3-13(12)16-14)10-17-5-7-18-8-6-17/h1-4,9H,5-8,10H2,(H2,15,16). The van der Waals surface area contributed by atoms with Crippen molar-refractivity contribution >= 4 is 16.7 Å². The Kier molecular flexibility index (Phi) is 3.13. The fraction of sp³-hybridized carbons (Fsp3) is 0.357. The number of rotatable bonds is 2. The van der Waals surface area contributed by atoms with E-state index in [4.69, 9.17) is 10.5 Å². The lowest BCUT2D eigenvalue weighted by atomic mass is 10.1. The van der Waals surface area contributed by atoms with Crippen molar-refractivity contribution in [3.63, 3.8) is 0 Å². The molecule has 2 heterocycles. The summed E-state index contributed by atoms with van der Waals surface area (Å²) in [5, 5.41) is 1.15. The zero-order valence-corrected chi connectivity index (χ0v) is 10.3. The van der Waals surface area contributed by atoms with Crippen LogP contribution in [0.4, 0.5) is 5.82 Å². The normalized spacial score (nSPS) is 17.1. The number of nitrogen functional groups attached to an aromatic ring is 1. The fourth-order valence-corrected chi connectivity index (χ4v) is 2.31. The molecule has 0 radical (unpaired) electrons. The maximum absolute atomic E-state index is 5.68. The van der Waals surface area contributed by atoms with Crippen LogP contribution in [0.2, 0.25) is 0 Å². The maximum atomic E-state index is 5.68. The van der Waals surface area contributed by atoms with Crippen LogP contribution in [0.15, 0.2) is 30.3 Å². The van der Waals surface area contributed by atoms with Crippen molar-refractivity contribution in [1.82, 2.24) is 9.88 Å². The number of nitrogens with zero attached hydrogens (tertiary/aromatic N) is 2. The Morgan fingerprint density at radius 1 is 1.17 bits per heavy atom. The summed E-state index contributed by atoms with van der Waals surface area (Å²) >= 11 is 0. The molecule has 1 fully saturated rings. The minimum atomic E-state index is 0.573. The second-order valence-electron chi connectivity index (χ2n) is 4.65. The van der Waals surface area contributed by atoms with Crippen LogP contribution in [-0.2, 0) is 11.3 Å². The van der Waals surface area contributed by atoms with Gasteiger partial charge in [0.05, 0.1) is 18.7 Å². The minimum absolute atomic E-state index is 0.573. The molecule has 0 saturated carbocycles. The Hall–Kier alpha value is -1.65. The molecule has 2 N–H and O–H groups in total. The molecule has 1 aromatic heterocycles. The van der Waals surface area contributed by atoms with Crippen molar-refractivity contribution in [1.29, 1.82) is 0 Å². The number of nitrogens with two attached hydrogens (primary N) is 1. The van der Waals surface area contributed by atoms with Gasteiger partial charge in [-0.1, -0.05) is 6.07 Å². The molecule has 0 unspecified atom stereocenters. The number of morpholine rings is 1. The summed E-state index contributed by atoms with van der Waals surface area (Å²) in [6, 6.07) is 10.2. The quantitative estimate of drug-likeness (QED) is 0.871. The first kappa shape index (κ1) is 11.4. The summed E-state index contributed by atoms with van der Waals surface area (Å²) in [4.78, 5) is 6.72. The molecule has 1 saturated heterocycles. The van der Waals surface area contributed by atoms with Gasteiger partial charge in [0.25, 0.3) is 0 Å². The van der Waals surface area contributed by atoms with Gasteiger partial charge >= 0.3 is 0 Å². The second kappa shape index (κ2) is 4.92. The van der Waals surface area contributed by atoms with Gasteiger partial charge in [-0.2, -0.15) is 0 Å².